The molecule has 7 rings (SSSR count). The lowest BCUT2D eigenvalue weighted by molar-refractivity contribution is -0.138. The van der Waals surface area contributed by atoms with Gasteiger partial charge in [0.15, 0.2) is 4.80 Å². The van der Waals surface area contributed by atoms with Crippen molar-refractivity contribution in [1.82, 2.24) is 4.57 Å². The van der Waals surface area contributed by atoms with Gasteiger partial charge in [0, 0.05) is 22.4 Å². The third-order valence-electron chi connectivity index (χ3n) is 8.38. The zero-order chi connectivity index (χ0) is 31.9. The highest BCUT2D eigenvalue weighted by Crippen LogP contribution is 2.47. The van der Waals surface area contributed by atoms with Crippen LogP contribution in [-0.2, 0) is 9.53 Å². The summed E-state index contributed by atoms with van der Waals surface area (Å²) in [5.74, 6) is -0.132. The van der Waals surface area contributed by atoms with Gasteiger partial charge in [0.1, 0.15) is 0 Å². The van der Waals surface area contributed by atoms with Crippen molar-refractivity contribution < 1.29 is 9.53 Å². The molecule has 0 saturated carbocycles. The molecular formula is C38H33N3O3S2. The van der Waals surface area contributed by atoms with Crippen LogP contribution in [0.2, 0.25) is 0 Å². The normalized spacial score (nSPS) is 15.7. The zero-order valence-electron chi connectivity index (χ0n) is 26.1. The van der Waals surface area contributed by atoms with E-state index in [-0.39, 0.29) is 12.2 Å². The Morgan fingerprint density at radius 3 is 2.39 bits per heavy atom. The first-order valence-corrected chi connectivity index (χ1v) is 17.0. The Labute approximate surface area is 276 Å². The third kappa shape index (κ3) is 5.31. The van der Waals surface area contributed by atoms with Gasteiger partial charge in [-0.3, -0.25) is 9.36 Å². The third-order valence-corrected chi connectivity index (χ3v) is 10.5. The summed E-state index contributed by atoms with van der Waals surface area (Å²) in [6, 6.07) is 31.8. The number of para-hydroxylation sites is 1. The number of fused-ring (bicyclic) bond motifs is 3. The molecule has 5 aromatic rings. The number of hydrogen-bond donors (Lipinski definition) is 0. The first-order valence-electron chi connectivity index (χ1n) is 15.4. The summed E-state index contributed by atoms with van der Waals surface area (Å²) >= 11 is 3.07. The monoisotopic (exact) mass is 643 g/mol. The van der Waals surface area contributed by atoms with Crippen LogP contribution in [0, 0.1) is 0 Å². The smallest absolute Gasteiger partial charge is 0.338 e. The van der Waals surface area contributed by atoms with Gasteiger partial charge in [-0.05, 0) is 59.9 Å². The highest BCUT2D eigenvalue weighted by Gasteiger charge is 2.35. The molecule has 0 fully saturated rings. The van der Waals surface area contributed by atoms with Crippen LogP contribution < -0.4 is 19.8 Å². The van der Waals surface area contributed by atoms with E-state index in [2.05, 4.69) is 74.3 Å². The van der Waals surface area contributed by atoms with Crippen LogP contribution in [0.3, 0.4) is 0 Å². The van der Waals surface area contributed by atoms with Gasteiger partial charge in [-0.25, -0.2) is 9.79 Å². The second kappa shape index (κ2) is 12.3. The van der Waals surface area contributed by atoms with Gasteiger partial charge in [-0.1, -0.05) is 110 Å². The Hall–Kier alpha value is -4.66. The number of anilines is 2. The van der Waals surface area contributed by atoms with Crippen molar-refractivity contribution >= 4 is 52.2 Å². The molecule has 0 radical (unpaired) electrons. The van der Waals surface area contributed by atoms with Crippen molar-refractivity contribution in [1.29, 1.82) is 0 Å². The molecule has 8 heteroatoms. The minimum Gasteiger partial charge on any atom is -0.463 e. The van der Waals surface area contributed by atoms with E-state index in [9.17, 15) is 9.59 Å². The maximum Gasteiger partial charge on any atom is 0.338 e. The summed E-state index contributed by atoms with van der Waals surface area (Å²) < 4.78 is 7.82. The number of rotatable bonds is 6. The Morgan fingerprint density at radius 1 is 0.935 bits per heavy atom. The first-order chi connectivity index (χ1) is 22.3. The van der Waals surface area contributed by atoms with Crippen LogP contribution in [0.5, 0.6) is 0 Å². The standard InChI is InChI=1S/C38H33N3O3S2/c1-5-44-37(43)33-34(26-11-7-6-8-12-26)39-38-41(35(33)27-18-16-25(17-19-27)23(2)3)36(42)32(46-38)22-24-15-20-29-31(21-24)45-30-14-10-9-13-28(30)40(29)4/h6-23,35H,5H2,1-4H3/b32-22+/t35-/m1/s1. The van der Waals surface area contributed by atoms with Crippen molar-refractivity contribution in [3.05, 3.63) is 145 Å². The summed E-state index contributed by atoms with van der Waals surface area (Å²) in [6.07, 6.45) is 1.93. The molecule has 0 unspecified atom stereocenters. The first kappa shape index (κ1) is 30.0. The van der Waals surface area contributed by atoms with Gasteiger partial charge in [-0.15, -0.1) is 0 Å². The number of nitrogens with zero attached hydrogens (tertiary/aromatic N) is 3. The molecule has 46 heavy (non-hydrogen) atoms. The zero-order valence-corrected chi connectivity index (χ0v) is 27.7. The average molecular weight is 644 g/mol. The summed E-state index contributed by atoms with van der Waals surface area (Å²) in [5.41, 5.74) is 6.72. The summed E-state index contributed by atoms with van der Waals surface area (Å²) in [6.45, 7) is 6.29. The molecule has 0 bridgehead atoms. The molecule has 1 aromatic heterocycles. The topological polar surface area (TPSA) is 63.9 Å². The molecule has 0 saturated heterocycles. The number of esters is 1. The van der Waals surface area contributed by atoms with Gasteiger partial charge in [0.2, 0.25) is 0 Å². The van der Waals surface area contributed by atoms with Crippen molar-refractivity contribution in [3.63, 3.8) is 0 Å². The van der Waals surface area contributed by atoms with Gasteiger partial charge in [0.05, 0.1) is 39.8 Å². The van der Waals surface area contributed by atoms with E-state index in [0.29, 0.717) is 26.5 Å². The maximum atomic E-state index is 14.3. The van der Waals surface area contributed by atoms with E-state index < -0.39 is 12.0 Å². The second-order valence-corrected chi connectivity index (χ2v) is 13.7. The molecule has 0 N–H and O–H groups in total. The summed E-state index contributed by atoms with van der Waals surface area (Å²) in [7, 11) is 2.08. The fourth-order valence-electron chi connectivity index (χ4n) is 6.02. The largest absolute Gasteiger partial charge is 0.463 e. The number of ether oxygens (including phenoxy) is 1. The van der Waals surface area contributed by atoms with Crippen LogP contribution in [0.25, 0.3) is 11.8 Å². The molecule has 230 valence electrons. The second-order valence-electron chi connectivity index (χ2n) is 11.6. The number of carbonyl (C=O) groups is 1. The maximum absolute atomic E-state index is 14.3. The quantitative estimate of drug-likeness (QED) is 0.182. The van der Waals surface area contributed by atoms with E-state index in [1.54, 1.807) is 23.3 Å². The van der Waals surface area contributed by atoms with Crippen LogP contribution in [0.15, 0.2) is 122 Å². The Bertz CT molecular complexity index is 2180. The lowest BCUT2D eigenvalue weighted by Crippen LogP contribution is -2.40. The molecule has 0 spiro atoms. The molecule has 3 heterocycles. The van der Waals surface area contributed by atoms with Gasteiger partial charge < -0.3 is 9.64 Å². The predicted octanol–water partition coefficient (Wildman–Crippen LogP) is 7.29. The molecular weight excluding hydrogens is 611 g/mol. The molecule has 4 aromatic carbocycles. The number of aromatic nitrogens is 1. The predicted molar refractivity (Wildman–Crippen MR) is 187 cm³/mol. The van der Waals surface area contributed by atoms with Gasteiger partial charge in [0.25, 0.3) is 5.56 Å². The number of thiazole rings is 1. The molecule has 0 aliphatic carbocycles. The van der Waals surface area contributed by atoms with Crippen molar-refractivity contribution in [2.45, 2.75) is 42.5 Å². The van der Waals surface area contributed by atoms with E-state index >= 15 is 0 Å². The molecule has 0 amide bonds. The van der Waals surface area contributed by atoms with E-state index in [1.165, 1.54) is 27.5 Å². The molecule has 6 nitrogen and oxygen atoms in total. The van der Waals surface area contributed by atoms with Crippen molar-refractivity contribution in [2.75, 3.05) is 18.6 Å². The van der Waals surface area contributed by atoms with Gasteiger partial charge in [-0.2, -0.15) is 0 Å². The SMILES string of the molecule is CCOC(=O)C1=C(c2ccccc2)N=c2s/c(=C/c3ccc4c(c3)Sc3ccccc3N4C)c(=O)n2[C@@H]1c1ccc(C(C)C)cc1. The van der Waals surface area contributed by atoms with E-state index in [1.807, 2.05) is 54.6 Å². The minimum absolute atomic E-state index is 0.191. The molecule has 1 atom stereocenters. The van der Waals surface area contributed by atoms with Gasteiger partial charge >= 0.3 is 5.97 Å². The Kier molecular flexibility index (Phi) is 8.01. The van der Waals surface area contributed by atoms with Crippen molar-refractivity contribution in [3.8, 4) is 0 Å². The number of benzene rings is 4. The fraction of sp³-hybridized carbons (Fsp3) is 0.184. The fourth-order valence-corrected chi connectivity index (χ4v) is 8.22. The van der Waals surface area contributed by atoms with E-state index in [4.69, 9.17) is 9.73 Å². The number of carbonyl (C=O) groups excluding carboxylic acids is 1. The van der Waals surface area contributed by atoms with Crippen LogP contribution >= 0.6 is 23.1 Å². The molecule has 2 aliphatic rings. The van der Waals surface area contributed by atoms with E-state index in [0.717, 1.165) is 27.3 Å². The minimum atomic E-state index is -0.696. The lowest BCUT2D eigenvalue weighted by atomic mass is 9.91. The highest BCUT2D eigenvalue weighted by molar-refractivity contribution is 7.99. The van der Waals surface area contributed by atoms with Crippen LogP contribution in [0.4, 0.5) is 11.4 Å². The average Bonchev–Trinajstić information content (AvgIpc) is 3.38. The van der Waals surface area contributed by atoms with Crippen LogP contribution in [-0.4, -0.2) is 24.2 Å². The lowest BCUT2D eigenvalue weighted by Gasteiger charge is -2.29. The van der Waals surface area contributed by atoms with Crippen molar-refractivity contribution in [2.24, 2.45) is 4.99 Å². The Balaban J connectivity index is 1.41. The summed E-state index contributed by atoms with van der Waals surface area (Å²) in [5, 5.41) is 0. The van der Waals surface area contributed by atoms with Crippen LogP contribution in [0.1, 0.15) is 55.0 Å². The highest BCUT2D eigenvalue weighted by atomic mass is 32.2. The Morgan fingerprint density at radius 2 is 1.65 bits per heavy atom. The summed E-state index contributed by atoms with van der Waals surface area (Å²) in [4.78, 5) is 38.1. The molecule has 2 aliphatic heterocycles. The number of hydrogen-bond acceptors (Lipinski definition) is 7.